The molecule has 0 aromatic heterocycles. The summed E-state index contributed by atoms with van der Waals surface area (Å²) in [4.78, 5) is 22.5. The lowest BCUT2D eigenvalue weighted by atomic mass is 9.87. The van der Waals surface area contributed by atoms with Crippen molar-refractivity contribution < 1.29 is 24.3 Å². The lowest BCUT2D eigenvalue weighted by Gasteiger charge is -2.27. The van der Waals surface area contributed by atoms with Crippen LogP contribution in [0.25, 0.3) is 0 Å². The van der Waals surface area contributed by atoms with Gasteiger partial charge in [-0.05, 0) is 35.2 Å². The normalized spacial score (nSPS) is 15.9. The van der Waals surface area contributed by atoms with Crippen LogP contribution in [0.1, 0.15) is 31.9 Å². The molecule has 0 saturated heterocycles. The first-order chi connectivity index (χ1) is 13.6. The van der Waals surface area contributed by atoms with Gasteiger partial charge in [0.05, 0.1) is 11.1 Å². The highest BCUT2D eigenvalue weighted by molar-refractivity contribution is 5.85. The van der Waals surface area contributed by atoms with Crippen molar-refractivity contribution in [2.45, 2.75) is 32.3 Å². The first kappa shape index (κ1) is 20.1. The third-order valence-corrected chi connectivity index (χ3v) is 4.35. The van der Waals surface area contributed by atoms with Crippen molar-refractivity contribution in [2.24, 2.45) is 5.10 Å². The van der Waals surface area contributed by atoms with E-state index in [1.165, 1.54) is 18.3 Å². The molecule has 2 aromatic rings. The maximum atomic E-state index is 12.3. The molecule has 1 heterocycles. The molecule has 2 aromatic carbocycles. The predicted octanol–water partition coefficient (Wildman–Crippen LogP) is 2.89. The number of nitrogens with one attached hydrogen (secondary N) is 1. The molecule has 0 spiro atoms. The van der Waals surface area contributed by atoms with Crippen LogP contribution >= 0.6 is 0 Å². The van der Waals surface area contributed by atoms with Crippen LogP contribution in [0.15, 0.2) is 41.5 Å². The average molecular weight is 399 g/mol. The van der Waals surface area contributed by atoms with Crippen molar-refractivity contribution in [3.63, 3.8) is 0 Å². The summed E-state index contributed by atoms with van der Waals surface area (Å²) in [5.74, 6) is 0.0995. The number of hydrogen-bond acceptors (Lipinski definition) is 7. The number of ether oxygens (including phenoxy) is 2. The number of benzene rings is 2. The van der Waals surface area contributed by atoms with E-state index in [1.807, 2.05) is 18.2 Å². The van der Waals surface area contributed by atoms with E-state index >= 15 is 0 Å². The molecule has 1 amide bonds. The number of fused-ring (bicyclic) bond motifs is 1. The molecule has 9 heteroatoms. The minimum absolute atomic E-state index is 0.0356. The number of nitro benzene ring substituents is 1. The summed E-state index contributed by atoms with van der Waals surface area (Å²) in [6.45, 7) is 6.26. The lowest BCUT2D eigenvalue weighted by molar-refractivity contribution is -0.385. The van der Waals surface area contributed by atoms with Gasteiger partial charge in [0.1, 0.15) is 6.61 Å². The zero-order valence-electron chi connectivity index (χ0n) is 16.2. The number of phenols is 1. The van der Waals surface area contributed by atoms with Crippen molar-refractivity contribution in [1.29, 1.82) is 0 Å². The summed E-state index contributed by atoms with van der Waals surface area (Å²) in [7, 11) is 0. The Morgan fingerprint density at radius 1 is 1.28 bits per heavy atom. The quantitative estimate of drug-likeness (QED) is 0.463. The number of nitrogens with zero attached hydrogens (tertiary/aromatic N) is 2. The van der Waals surface area contributed by atoms with Crippen LogP contribution in [-0.2, 0) is 10.2 Å². The van der Waals surface area contributed by atoms with Crippen molar-refractivity contribution in [3.05, 3.63) is 57.6 Å². The minimum atomic E-state index is -0.885. The molecule has 1 atom stereocenters. The summed E-state index contributed by atoms with van der Waals surface area (Å²) in [5, 5.41) is 24.1. The van der Waals surface area contributed by atoms with Gasteiger partial charge in [-0.2, -0.15) is 5.10 Å². The van der Waals surface area contributed by atoms with Gasteiger partial charge in [-0.3, -0.25) is 14.9 Å². The van der Waals surface area contributed by atoms with Crippen molar-refractivity contribution in [2.75, 3.05) is 6.61 Å². The molecular weight excluding hydrogens is 378 g/mol. The third-order valence-electron chi connectivity index (χ3n) is 4.35. The van der Waals surface area contributed by atoms with Gasteiger partial charge in [0.25, 0.3) is 5.91 Å². The number of carbonyl (C=O) groups excluding carboxylic acids is 1. The molecule has 9 nitrogen and oxygen atoms in total. The standard InChI is InChI=1S/C20H21N3O6/c1-20(2,3)13-5-7-16-17(9-13)29-18(11-28-16)19(25)22-21-10-12-4-6-15(24)14(8-12)23(26)27/h4-10,18,24H,11H2,1-3H3,(H,22,25)/t18-/m0/s1. The van der Waals surface area contributed by atoms with E-state index < -0.39 is 28.4 Å². The van der Waals surface area contributed by atoms with E-state index in [9.17, 15) is 20.0 Å². The van der Waals surface area contributed by atoms with Gasteiger partial charge >= 0.3 is 5.69 Å². The maximum absolute atomic E-state index is 12.3. The molecule has 0 bridgehead atoms. The molecule has 1 aliphatic heterocycles. The van der Waals surface area contributed by atoms with Gasteiger partial charge in [-0.25, -0.2) is 5.43 Å². The van der Waals surface area contributed by atoms with Crippen LogP contribution in [-0.4, -0.2) is 34.9 Å². The lowest BCUT2D eigenvalue weighted by Crippen LogP contribution is -2.42. The first-order valence-electron chi connectivity index (χ1n) is 8.89. The van der Waals surface area contributed by atoms with Crippen LogP contribution in [0.5, 0.6) is 17.2 Å². The second kappa shape index (κ2) is 7.78. The SMILES string of the molecule is CC(C)(C)c1ccc2c(c1)O[C@H](C(=O)NN=Cc1ccc(O)c([N+](=O)[O-])c1)CO2. The summed E-state index contributed by atoms with van der Waals surface area (Å²) >= 11 is 0. The number of amides is 1. The number of phenolic OH excluding ortho intramolecular Hbond substituents is 1. The van der Waals surface area contributed by atoms with Gasteiger partial charge in [0.15, 0.2) is 17.2 Å². The Morgan fingerprint density at radius 3 is 2.72 bits per heavy atom. The highest BCUT2D eigenvalue weighted by atomic mass is 16.6. The van der Waals surface area contributed by atoms with Gasteiger partial charge < -0.3 is 14.6 Å². The number of hydrogen-bond donors (Lipinski definition) is 2. The Balaban J connectivity index is 1.66. The molecular formula is C20H21N3O6. The summed E-state index contributed by atoms with van der Waals surface area (Å²) < 4.78 is 11.4. The number of carbonyl (C=O) groups is 1. The highest BCUT2D eigenvalue weighted by Gasteiger charge is 2.28. The van der Waals surface area contributed by atoms with Gasteiger partial charge in [-0.15, -0.1) is 0 Å². The first-order valence-corrected chi connectivity index (χ1v) is 8.89. The van der Waals surface area contributed by atoms with Gasteiger partial charge in [0, 0.05) is 11.6 Å². The second-order valence-corrected chi connectivity index (χ2v) is 7.57. The Hall–Kier alpha value is -3.62. The summed E-state index contributed by atoms with van der Waals surface area (Å²) in [5.41, 5.74) is 3.20. The van der Waals surface area contributed by atoms with E-state index in [0.717, 1.165) is 11.6 Å². The molecule has 3 rings (SSSR count). The van der Waals surface area contributed by atoms with Crippen LogP contribution in [0.4, 0.5) is 5.69 Å². The summed E-state index contributed by atoms with van der Waals surface area (Å²) in [6.07, 6.45) is 0.351. The Morgan fingerprint density at radius 2 is 2.03 bits per heavy atom. The van der Waals surface area contributed by atoms with E-state index in [-0.39, 0.29) is 12.0 Å². The molecule has 0 unspecified atom stereocenters. The number of rotatable bonds is 4. The zero-order valence-corrected chi connectivity index (χ0v) is 16.2. The number of hydrazone groups is 1. The topological polar surface area (TPSA) is 123 Å². The fourth-order valence-corrected chi connectivity index (χ4v) is 2.68. The Kier molecular flexibility index (Phi) is 5.40. The zero-order chi connectivity index (χ0) is 21.2. The van der Waals surface area contributed by atoms with Crippen LogP contribution < -0.4 is 14.9 Å². The fraction of sp³-hybridized carbons (Fsp3) is 0.300. The number of aromatic hydroxyl groups is 1. The van der Waals surface area contributed by atoms with Crippen LogP contribution in [0, 0.1) is 10.1 Å². The van der Waals surface area contributed by atoms with Crippen molar-refractivity contribution >= 4 is 17.8 Å². The van der Waals surface area contributed by atoms with E-state index in [0.29, 0.717) is 17.1 Å². The van der Waals surface area contributed by atoms with Gasteiger partial charge in [0.2, 0.25) is 6.10 Å². The molecule has 2 N–H and O–H groups in total. The maximum Gasteiger partial charge on any atom is 0.311 e. The molecule has 29 heavy (non-hydrogen) atoms. The monoisotopic (exact) mass is 399 g/mol. The fourth-order valence-electron chi connectivity index (χ4n) is 2.68. The Bertz CT molecular complexity index is 981. The number of nitro groups is 1. The highest BCUT2D eigenvalue weighted by Crippen LogP contribution is 2.36. The third kappa shape index (κ3) is 4.63. The molecule has 1 aliphatic rings. The smallest absolute Gasteiger partial charge is 0.311 e. The summed E-state index contributed by atoms with van der Waals surface area (Å²) in [6, 6.07) is 9.40. The molecule has 0 saturated carbocycles. The molecule has 0 fully saturated rings. The molecule has 0 aliphatic carbocycles. The predicted molar refractivity (Wildman–Crippen MR) is 106 cm³/mol. The minimum Gasteiger partial charge on any atom is -0.502 e. The Labute approximate surface area is 167 Å². The van der Waals surface area contributed by atoms with E-state index in [1.54, 1.807) is 0 Å². The van der Waals surface area contributed by atoms with Gasteiger partial charge in [-0.1, -0.05) is 26.8 Å². The van der Waals surface area contributed by atoms with Crippen molar-refractivity contribution in [1.82, 2.24) is 5.43 Å². The largest absolute Gasteiger partial charge is 0.502 e. The van der Waals surface area contributed by atoms with Crippen molar-refractivity contribution in [3.8, 4) is 17.2 Å². The molecule has 152 valence electrons. The van der Waals surface area contributed by atoms with Crippen LogP contribution in [0.3, 0.4) is 0 Å². The average Bonchev–Trinajstić information content (AvgIpc) is 2.67. The van der Waals surface area contributed by atoms with Crippen LogP contribution in [0.2, 0.25) is 0 Å². The van der Waals surface area contributed by atoms with E-state index in [2.05, 4.69) is 31.3 Å². The molecule has 0 radical (unpaired) electrons. The second-order valence-electron chi connectivity index (χ2n) is 7.57. The van der Waals surface area contributed by atoms with E-state index in [4.69, 9.17) is 9.47 Å².